The number of nitrogens with zero attached hydrogens (tertiary/aromatic N) is 2. The molecule has 0 bridgehead atoms. The standard InChI is InChI=1S/C10H12N2OS/c1-7-5-11-10(12-6-7)14-9-4-2-3-8(9)13/h5-6,9H,2-4H2,1H3. The van der Waals surface area contributed by atoms with E-state index in [-0.39, 0.29) is 5.25 Å². The second-order valence-electron chi connectivity index (χ2n) is 3.51. The zero-order valence-electron chi connectivity index (χ0n) is 8.06. The molecule has 0 radical (unpaired) electrons. The molecule has 0 spiro atoms. The van der Waals surface area contributed by atoms with E-state index in [0.29, 0.717) is 5.78 Å². The Morgan fingerprint density at radius 3 is 2.71 bits per heavy atom. The van der Waals surface area contributed by atoms with Crippen LogP contribution in [0.5, 0.6) is 0 Å². The van der Waals surface area contributed by atoms with Crippen LogP contribution in [0.15, 0.2) is 17.6 Å². The van der Waals surface area contributed by atoms with Gasteiger partial charge in [0.15, 0.2) is 5.16 Å². The third-order valence-corrected chi connectivity index (χ3v) is 3.46. The molecule has 1 aliphatic carbocycles. The Kier molecular flexibility index (Phi) is 2.82. The highest BCUT2D eigenvalue weighted by molar-refractivity contribution is 8.00. The van der Waals surface area contributed by atoms with Gasteiger partial charge in [-0.1, -0.05) is 11.8 Å². The van der Waals surface area contributed by atoms with E-state index in [4.69, 9.17) is 0 Å². The van der Waals surface area contributed by atoms with Crippen molar-refractivity contribution in [2.75, 3.05) is 0 Å². The Morgan fingerprint density at radius 1 is 1.43 bits per heavy atom. The van der Waals surface area contributed by atoms with Crippen LogP contribution in [-0.2, 0) is 4.79 Å². The van der Waals surface area contributed by atoms with Gasteiger partial charge >= 0.3 is 0 Å². The SMILES string of the molecule is Cc1cnc(SC2CCCC2=O)nc1. The van der Waals surface area contributed by atoms with Crippen LogP contribution in [-0.4, -0.2) is 21.0 Å². The average Bonchev–Trinajstić information content (AvgIpc) is 2.56. The number of hydrogen-bond donors (Lipinski definition) is 0. The second kappa shape index (κ2) is 4.09. The third kappa shape index (κ3) is 2.12. The number of carbonyl (C=O) groups is 1. The van der Waals surface area contributed by atoms with Gasteiger partial charge < -0.3 is 0 Å². The summed E-state index contributed by atoms with van der Waals surface area (Å²) in [6.45, 7) is 1.95. The van der Waals surface area contributed by atoms with E-state index in [2.05, 4.69) is 9.97 Å². The summed E-state index contributed by atoms with van der Waals surface area (Å²) in [4.78, 5) is 19.7. The smallest absolute Gasteiger partial charge is 0.188 e. The van der Waals surface area contributed by atoms with Gasteiger partial charge in [0.05, 0.1) is 5.25 Å². The third-order valence-electron chi connectivity index (χ3n) is 2.25. The zero-order valence-corrected chi connectivity index (χ0v) is 8.88. The fourth-order valence-corrected chi connectivity index (χ4v) is 2.49. The highest BCUT2D eigenvalue weighted by atomic mass is 32.2. The van der Waals surface area contributed by atoms with E-state index in [9.17, 15) is 4.79 Å². The molecule has 1 aromatic rings. The van der Waals surface area contributed by atoms with E-state index in [1.807, 2.05) is 6.92 Å². The molecule has 0 amide bonds. The van der Waals surface area contributed by atoms with Gasteiger partial charge in [-0.3, -0.25) is 4.79 Å². The molecule has 0 N–H and O–H groups in total. The van der Waals surface area contributed by atoms with Crippen molar-refractivity contribution in [3.63, 3.8) is 0 Å². The Morgan fingerprint density at radius 2 is 2.14 bits per heavy atom. The van der Waals surface area contributed by atoms with Crippen molar-refractivity contribution in [1.29, 1.82) is 0 Å². The second-order valence-corrected chi connectivity index (χ2v) is 4.68. The molecule has 4 heteroatoms. The number of hydrogen-bond acceptors (Lipinski definition) is 4. The number of ketones is 1. The molecule has 0 aromatic carbocycles. The lowest BCUT2D eigenvalue weighted by Crippen LogP contribution is -2.08. The van der Waals surface area contributed by atoms with Gasteiger partial charge in [0, 0.05) is 18.8 Å². The molecule has 0 saturated heterocycles. The number of aromatic nitrogens is 2. The molecular formula is C10H12N2OS. The summed E-state index contributed by atoms with van der Waals surface area (Å²) in [6, 6.07) is 0. The van der Waals surface area contributed by atoms with Crippen molar-refractivity contribution in [3.8, 4) is 0 Å². The van der Waals surface area contributed by atoms with Gasteiger partial charge in [-0.15, -0.1) is 0 Å². The molecule has 0 aliphatic heterocycles. The molecule has 14 heavy (non-hydrogen) atoms. The lowest BCUT2D eigenvalue weighted by Gasteiger charge is -2.05. The first-order valence-corrected chi connectivity index (χ1v) is 5.62. The van der Waals surface area contributed by atoms with Gasteiger partial charge in [0.2, 0.25) is 0 Å². The van der Waals surface area contributed by atoms with Gasteiger partial charge in [-0.05, 0) is 25.3 Å². The summed E-state index contributed by atoms with van der Waals surface area (Å²) < 4.78 is 0. The Bertz CT molecular complexity index is 336. The van der Waals surface area contributed by atoms with Gasteiger partial charge in [-0.25, -0.2) is 9.97 Å². The maximum atomic E-state index is 11.4. The number of rotatable bonds is 2. The van der Waals surface area contributed by atoms with Crippen LogP contribution >= 0.6 is 11.8 Å². The summed E-state index contributed by atoms with van der Waals surface area (Å²) >= 11 is 1.50. The van der Waals surface area contributed by atoms with Gasteiger partial charge in [-0.2, -0.15) is 0 Å². The predicted molar refractivity (Wildman–Crippen MR) is 55.3 cm³/mol. The highest BCUT2D eigenvalue weighted by Gasteiger charge is 2.25. The Labute approximate surface area is 87.3 Å². The van der Waals surface area contributed by atoms with Crippen LogP contribution in [0.2, 0.25) is 0 Å². The van der Waals surface area contributed by atoms with Crippen molar-refractivity contribution in [2.45, 2.75) is 36.6 Å². The zero-order chi connectivity index (χ0) is 9.97. The average molecular weight is 208 g/mol. The lowest BCUT2D eigenvalue weighted by atomic mass is 10.3. The normalized spacial score (nSPS) is 21.5. The molecule has 1 atom stereocenters. The molecule has 1 aliphatic rings. The summed E-state index contributed by atoms with van der Waals surface area (Å²) in [5.41, 5.74) is 1.05. The minimum atomic E-state index is 0.0951. The van der Waals surface area contributed by atoms with Crippen molar-refractivity contribution < 1.29 is 4.79 Å². The molecule has 1 saturated carbocycles. The van der Waals surface area contributed by atoms with Gasteiger partial charge in [0.25, 0.3) is 0 Å². The molecule has 74 valence electrons. The molecular weight excluding hydrogens is 196 g/mol. The number of aryl methyl sites for hydroxylation is 1. The molecule has 1 aromatic heterocycles. The molecule has 3 nitrogen and oxygen atoms in total. The maximum Gasteiger partial charge on any atom is 0.188 e. The van der Waals surface area contributed by atoms with Crippen molar-refractivity contribution in [3.05, 3.63) is 18.0 Å². The summed E-state index contributed by atoms with van der Waals surface area (Å²) in [5.74, 6) is 0.346. The first kappa shape index (κ1) is 9.65. The first-order valence-electron chi connectivity index (χ1n) is 4.74. The van der Waals surface area contributed by atoms with Crippen LogP contribution in [0.1, 0.15) is 24.8 Å². The summed E-state index contributed by atoms with van der Waals surface area (Å²) in [5, 5.41) is 0.813. The van der Waals surface area contributed by atoms with Gasteiger partial charge in [0.1, 0.15) is 5.78 Å². The van der Waals surface area contributed by atoms with Crippen molar-refractivity contribution in [2.24, 2.45) is 0 Å². The lowest BCUT2D eigenvalue weighted by molar-refractivity contribution is -0.116. The molecule has 1 heterocycles. The van der Waals surface area contributed by atoms with Crippen LogP contribution in [0.3, 0.4) is 0 Å². The fourth-order valence-electron chi connectivity index (χ4n) is 1.48. The fraction of sp³-hybridized carbons (Fsp3) is 0.500. The highest BCUT2D eigenvalue weighted by Crippen LogP contribution is 2.30. The maximum absolute atomic E-state index is 11.4. The monoisotopic (exact) mass is 208 g/mol. The van der Waals surface area contributed by atoms with Crippen molar-refractivity contribution in [1.82, 2.24) is 9.97 Å². The minimum Gasteiger partial charge on any atom is -0.298 e. The largest absolute Gasteiger partial charge is 0.298 e. The Hall–Kier alpha value is -0.900. The van der Waals surface area contributed by atoms with Crippen LogP contribution in [0, 0.1) is 6.92 Å². The van der Waals surface area contributed by atoms with E-state index < -0.39 is 0 Å². The van der Waals surface area contributed by atoms with Crippen LogP contribution < -0.4 is 0 Å². The number of carbonyl (C=O) groups excluding carboxylic acids is 1. The number of thioether (sulfide) groups is 1. The Balaban J connectivity index is 2.03. The van der Waals surface area contributed by atoms with Crippen LogP contribution in [0.4, 0.5) is 0 Å². The van der Waals surface area contributed by atoms with Crippen LogP contribution in [0.25, 0.3) is 0 Å². The first-order chi connectivity index (χ1) is 6.75. The van der Waals surface area contributed by atoms with E-state index in [1.54, 1.807) is 12.4 Å². The quantitative estimate of drug-likeness (QED) is 0.697. The van der Waals surface area contributed by atoms with E-state index in [0.717, 1.165) is 30.0 Å². The molecule has 2 rings (SSSR count). The minimum absolute atomic E-state index is 0.0951. The van der Waals surface area contributed by atoms with E-state index >= 15 is 0 Å². The van der Waals surface area contributed by atoms with E-state index in [1.165, 1.54) is 11.8 Å². The molecule has 1 unspecified atom stereocenters. The predicted octanol–water partition coefficient (Wildman–Crippen LogP) is 2.00. The topological polar surface area (TPSA) is 42.9 Å². The summed E-state index contributed by atoms with van der Waals surface area (Å²) in [7, 11) is 0. The molecule has 1 fully saturated rings. The number of Topliss-reactive ketones (excluding diaryl/α,β-unsaturated/α-hetero) is 1. The summed E-state index contributed by atoms with van der Waals surface area (Å²) in [6.07, 6.45) is 6.29. The van der Waals surface area contributed by atoms with Crippen molar-refractivity contribution >= 4 is 17.5 Å².